The number of amides is 2. The second-order valence-corrected chi connectivity index (χ2v) is 4.48. The molecule has 0 radical (unpaired) electrons. The highest BCUT2D eigenvalue weighted by molar-refractivity contribution is 5.80. The number of pyridine rings is 1. The molecule has 0 saturated heterocycles. The second-order valence-electron chi connectivity index (χ2n) is 4.48. The van der Waals surface area contributed by atoms with E-state index in [2.05, 4.69) is 39.4 Å². The monoisotopic (exact) mass is 260 g/mol. The van der Waals surface area contributed by atoms with E-state index in [1.54, 1.807) is 7.05 Å². The third-order valence-corrected chi connectivity index (χ3v) is 3.09. The van der Waals surface area contributed by atoms with Crippen molar-refractivity contribution in [2.75, 3.05) is 13.6 Å². The number of hydrogen-bond donors (Lipinski definition) is 2. The summed E-state index contributed by atoms with van der Waals surface area (Å²) in [5.74, 6) is 0. The zero-order valence-electron chi connectivity index (χ0n) is 11.4. The minimum Gasteiger partial charge on any atom is -0.341 e. The van der Waals surface area contributed by atoms with Gasteiger partial charge in [-0.25, -0.2) is 9.78 Å². The number of carbonyl (C=O) groups excluding carboxylic acids is 1. The van der Waals surface area contributed by atoms with Crippen LogP contribution in [0.15, 0.2) is 24.5 Å². The highest BCUT2D eigenvalue weighted by Gasteiger charge is 2.08. The van der Waals surface area contributed by atoms with E-state index >= 15 is 0 Å². The summed E-state index contributed by atoms with van der Waals surface area (Å²) < 4.78 is 2.19. The Hall–Kier alpha value is -2.04. The Morgan fingerprint density at radius 1 is 1.47 bits per heavy atom. The highest BCUT2D eigenvalue weighted by Crippen LogP contribution is 2.19. The Morgan fingerprint density at radius 3 is 3.05 bits per heavy atom. The number of urea groups is 1. The number of carbonyl (C=O) groups is 1. The summed E-state index contributed by atoms with van der Waals surface area (Å²) in [6, 6.07) is 3.90. The van der Waals surface area contributed by atoms with Gasteiger partial charge in [-0.2, -0.15) is 0 Å². The van der Waals surface area contributed by atoms with Crippen LogP contribution in [-0.4, -0.2) is 29.2 Å². The number of aryl methyl sites for hydroxylation is 1. The summed E-state index contributed by atoms with van der Waals surface area (Å²) in [6.45, 7) is 3.75. The molecule has 5 heteroatoms. The minimum atomic E-state index is -0.143. The van der Waals surface area contributed by atoms with E-state index in [1.807, 2.05) is 12.3 Å². The molecule has 0 spiro atoms. The van der Waals surface area contributed by atoms with Crippen molar-refractivity contribution in [3.8, 4) is 0 Å². The molecule has 0 aliphatic heterocycles. The third-order valence-electron chi connectivity index (χ3n) is 3.09. The first kappa shape index (κ1) is 13.4. The zero-order chi connectivity index (χ0) is 13.7. The van der Waals surface area contributed by atoms with Crippen LogP contribution in [0.25, 0.3) is 11.0 Å². The predicted octanol–water partition coefficient (Wildman–Crippen LogP) is 1.92. The van der Waals surface area contributed by atoms with Gasteiger partial charge in [-0.3, -0.25) is 0 Å². The molecule has 0 bridgehead atoms. The van der Waals surface area contributed by atoms with Gasteiger partial charge in [0.05, 0.1) is 0 Å². The van der Waals surface area contributed by atoms with Crippen LogP contribution in [-0.2, 0) is 13.0 Å². The fourth-order valence-corrected chi connectivity index (χ4v) is 2.20. The summed E-state index contributed by atoms with van der Waals surface area (Å²) in [6.07, 6.45) is 5.86. The van der Waals surface area contributed by atoms with Crippen molar-refractivity contribution in [1.82, 2.24) is 20.2 Å². The summed E-state index contributed by atoms with van der Waals surface area (Å²) in [5, 5.41) is 6.53. The van der Waals surface area contributed by atoms with Crippen LogP contribution < -0.4 is 10.6 Å². The number of hydrogen-bond acceptors (Lipinski definition) is 2. The van der Waals surface area contributed by atoms with Crippen molar-refractivity contribution in [3.05, 3.63) is 30.1 Å². The average molecular weight is 260 g/mol. The maximum absolute atomic E-state index is 11.1. The molecule has 5 nitrogen and oxygen atoms in total. The quantitative estimate of drug-likeness (QED) is 0.863. The van der Waals surface area contributed by atoms with Crippen molar-refractivity contribution in [2.45, 2.75) is 26.3 Å². The average Bonchev–Trinajstić information content (AvgIpc) is 2.78. The van der Waals surface area contributed by atoms with Crippen molar-refractivity contribution in [2.24, 2.45) is 0 Å². The van der Waals surface area contributed by atoms with E-state index in [0.717, 1.165) is 25.0 Å². The van der Waals surface area contributed by atoms with Crippen molar-refractivity contribution < 1.29 is 4.79 Å². The van der Waals surface area contributed by atoms with E-state index in [-0.39, 0.29) is 6.03 Å². The fourth-order valence-electron chi connectivity index (χ4n) is 2.20. The van der Waals surface area contributed by atoms with E-state index in [0.29, 0.717) is 6.54 Å². The summed E-state index contributed by atoms with van der Waals surface area (Å²) in [7, 11) is 1.62. The molecule has 2 aromatic rings. The molecule has 2 aromatic heterocycles. The molecular formula is C14H20N4O. The molecule has 19 heavy (non-hydrogen) atoms. The van der Waals surface area contributed by atoms with Gasteiger partial charge in [0.1, 0.15) is 5.65 Å². The number of nitrogens with one attached hydrogen (secondary N) is 2. The molecular weight excluding hydrogens is 240 g/mol. The third kappa shape index (κ3) is 3.05. The maximum Gasteiger partial charge on any atom is 0.314 e. The Balaban J connectivity index is 2.16. The number of aromatic nitrogens is 2. The highest BCUT2D eigenvalue weighted by atomic mass is 16.2. The van der Waals surface area contributed by atoms with Gasteiger partial charge in [0.25, 0.3) is 0 Å². The molecule has 0 aromatic carbocycles. The number of rotatable bonds is 5. The molecule has 2 N–H and O–H groups in total. The van der Waals surface area contributed by atoms with Gasteiger partial charge in [-0.05, 0) is 30.5 Å². The SMILES string of the molecule is CCCn1cc(CCNC(=O)NC)c2cccnc21. The van der Waals surface area contributed by atoms with Gasteiger partial charge in [0, 0.05) is 37.9 Å². The van der Waals surface area contributed by atoms with Gasteiger partial charge in [0.2, 0.25) is 0 Å². The smallest absolute Gasteiger partial charge is 0.314 e. The first-order valence-electron chi connectivity index (χ1n) is 6.64. The molecule has 2 heterocycles. The molecule has 0 aliphatic carbocycles. The van der Waals surface area contributed by atoms with E-state index < -0.39 is 0 Å². The molecule has 0 unspecified atom stereocenters. The first-order valence-corrected chi connectivity index (χ1v) is 6.64. The Morgan fingerprint density at radius 2 is 2.32 bits per heavy atom. The van der Waals surface area contributed by atoms with Gasteiger partial charge < -0.3 is 15.2 Å². The zero-order valence-corrected chi connectivity index (χ0v) is 11.4. The summed E-state index contributed by atoms with van der Waals surface area (Å²) >= 11 is 0. The molecule has 102 valence electrons. The Kier molecular flexibility index (Phi) is 4.39. The maximum atomic E-state index is 11.1. The Bertz CT molecular complexity index is 562. The van der Waals surface area contributed by atoms with Crippen molar-refractivity contribution >= 4 is 17.1 Å². The lowest BCUT2D eigenvalue weighted by Crippen LogP contribution is -2.33. The minimum absolute atomic E-state index is 0.143. The Labute approximate surface area is 113 Å². The molecule has 0 saturated carbocycles. The van der Waals surface area contributed by atoms with E-state index in [9.17, 15) is 4.79 Å². The van der Waals surface area contributed by atoms with Crippen molar-refractivity contribution in [3.63, 3.8) is 0 Å². The lowest BCUT2D eigenvalue weighted by molar-refractivity contribution is 0.243. The predicted molar refractivity (Wildman–Crippen MR) is 76.2 cm³/mol. The summed E-state index contributed by atoms with van der Waals surface area (Å²) in [5.41, 5.74) is 2.26. The number of nitrogens with zero attached hydrogens (tertiary/aromatic N) is 2. The van der Waals surface area contributed by atoms with Crippen LogP contribution >= 0.6 is 0 Å². The van der Waals surface area contributed by atoms with Crippen LogP contribution in [0.1, 0.15) is 18.9 Å². The lowest BCUT2D eigenvalue weighted by atomic mass is 10.1. The standard InChI is InChI=1S/C14H20N4O/c1-3-9-18-10-11(6-8-17-14(19)15-2)12-5-4-7-16-13(12)18/h4-5,7,10H,3,6,8-9H2,1-2H3,(H2,15,17,19). The lowest BCUT2D eigenvalue weighted by Gasteiger charge is -2.03. The molecule has 2 amide bonds. The molecule has 0 aliphatic rings. The van der Waals surface area contributed by atoms with Gasteiger partial charge in [-0.1, -0.05) is 6.92 Å². The van der Waals surface area contributed by atoms with Gasteiger partial charge >= 0.3 is 6.03 Å². The topological polar surface area (TPSA) is 59.0 Å². The van der Waals surface area contributed by atoms with Gasteiger partial charge in [0.15, 0.2) is 0 Å². The van der Waals surface area contributed by atoms with Crippen LogP contribution in [0.4, 0.5) is 4.79 Å². The normalized spacial score (nSPS) is 10.6. The van der Waals surface area contributed by atoms with Crippen LogP contribution in [0, 0.1) is 0 Å². The van der Waals surface area contributed by atoms with Crippen molar-refractivity contribution in [1.29, 1.82) is 0 Å². The molecule has 0 atom stereocenters. The fraction of sp³-hybridized carbons (Fsp3) is 0.429. The van der Waals surface area contributed by atoms with Crippen LogP contribution in [0.2, 0.25) is 0 Å². The number of fused-ring (bicyclic) bond motifs is 1. The summed E-state index contributed by atoms with van der Waals surface area (Å²) in [4.78, 5) is 15.6. The van der Waals surface area contributed by atoms with Crippen LogP contribution in [0.3, 0.4) is 0 Å². The second kappa shape index (κ2) is 6.22. The molecule has 2 rings (SSSR count). The molecule has 0 fully saturated rings. The van der Waals surface area contributed by atoms with E-state index in [4.69, 9.17) is 0 Å². The first-order chi connectivity index (χ1) is 9.26. The van der Waals surface area contributed by atoms with Gasteiger partial charge in [-0.15, -0.1) is 0 Å². The van der Waals surface area contributed by atoms with Crippen LogP contribution in [0.5, 0.6) is 0 Å². The largest absolute Gasteiger partial charge is 0.341 e. The van der Waals surface area contributed by atoms with E-state index in [1.165, 1.54) is 10.9 Å².